The van der Waals surface area contributed by atoms with Crippen LogP contribution in [0.1, 0.15) is 24.8 Å². The molecule has 0 unspecified atom stereocenters. The highest BCUT2D eigenvalue weighted by Crippen LogP contribution is 2.31. The predicted molar refractivity (Wildman–Crippen MR) is 80.6 cm³/mol. The fraction of sp³-hybridized carbons (Fsp3) is 0.529. The summed E-state index contributed by atoms with van der Waals surface area (Å²) in [6.07, 6.45) is 3.44. The summed E-state index contributed by atoms with van der Waals surface area (Å²) in [5.74, 6) is 0.742. The Morgan fingerprint density at radius 3 is 2.33 bits per heavy atom. The first-order valence-corrected chi connectivity index (χ1v) is 7.84. The molecule has 112 valence electrons. The molecular weight excluding hydrogens is 264 g/mol. The molecule has 0 bridgehead atoms. The van der Waals surface area contributed by atoms with E-state index in [0.717, 1.165) is 37.9 Å². The molecule has 1 aromatic rings. The van der Waals surface area contributed by atoms with Crippen molar-refractivity contribution in [2.75, 3.05) is 26.2 Å². The lowest BCUT2D eigenvalue weighted by atomic mass is 10.1. The fourth-order valence-corrected chi connectivity index (χ4v) is 2.86. The Morgan fingerprint density at radius 2 is 1.62 bits per heavy atom. The van der Waals surface area contributed by atoms with E-state index in [1.165, 1.54) is 0 Å². The maximum atomic E-state index is 12.4. The first kappa shape index (κ1) is 14.1. The van der Waals surface area contributed by atoms with Crippen molar-refractivity contribution >= 4 is 11.8 Å². The highest BCUT2D eigenvalue weighted by atomic mass is 16.2. The number of nitrogens with zero attached hydrogens (tertiary/aromatic N) is 2. The van der Waals surface area contributed by atoms with Crippen LogP contribution in [0.5, 0.6) is 0 Å². The summed E-state index contributed by atoms with van der Waals surface area (Å²) >= 11 is 0. The summed E-state index contributed by atoms with van der Waals surface area (Å²) in [6, 6.07) is 9.85. The minimum absolute atomic E-state index is 0.168. The number of carbonyl (C=O) groups excluding carboxylic acids is 2. The van der Waals surface area contributed by atoms with Crippen molar-refractivity contribution < 1.29 is 9.59 Å². The molecule has 0 N–H and O–H groups in total. The molecule has 1 aliphatic heterocycles. The summed E-state index contributed by atoms with van der Waals surface area (Å²) in [5, 5.41) is 0. The second-order valence-electron chi connectivity index (χ2n) is 6.00. The summed E-state index contributed by atoms with van der Waals surface area (Å²) in [6.45, 7) is 2.92. The second-order valence-corrected chi connectivity index (χ2v) is 6.00. The van der Waals surface area contributed by atoms with Crippen molar-refractivity contribution in [2.45, 2.75) is 25.7 Å². The van der Waals surface area contributed by atoms with Gasteiger partial charge in [-0.25, -0.2) is 0 Å². The van der Waals surface area contributed by atoms with Gasteiger partial charge in [-0.15, -0.1) is 0 Å². The lowest BCUT2D eigenvalue weighted by molar-refractivity contribution is -0.134. The average Bonchev–Trinajstić information content (AvgIpc) is 3.34. The van der Waals surface area contributed by atoms with E-state index in [2.05, 4.69) is 0 Å². The van der Waals surface area contributed by atoms with Crippen molar-refractivity contribution in [1.82, 2.24) is 9.80 Å². The fourth-order valence-electron chi connectivity index (χ4n) is 2.86. The van der Waals surface area contributed by atoms with Crippen LogP contribution in [0.3, 0.4) is 0 Å². The van der Waals surface area contributed by atoms with Crippen LogP contribution in [0.4, 0.5) is 0 Å². The minimum atomic E-state index is 0.168. The minimum Gasteiger partial charge on any atom is -0.341 e. The number of hydrogen-bond acceptors (Lipinski definition) is 2. The molecule has 1 aromatic carbocycles. The largest absolute Gasteiger partial charge is 0.341 e. The lowest BCUT2D eigenvalue weighted by Gasteiger charge is -2.22. The van der Waals surface area contributed by atoms with E-state index >= 15 is 0 Å². The molecule has 4 heteroatoms. The molecule has 0 radical (unpaired) electrons. The Bertz CT molecular complexity index is 511. The SMILES string of the molecule is O=C(Cc1ccccc1)N1CCCN(C(=O)C2CC2)CC1. The molecule has 2 amide bonds. The Hall–Kier alpha value is -1.84. The van der Waals surface area contributed by atoms with E-state index in [0.29, 0.717) is 25.4 Å². The molecule has 2 aliphatic rings. The molecule has 1 saturated carbocycles. The van der Waals surface area contributed by atoms with Gasteiger partial charge in [0.1, 0.15) is 0 Å². The Morgan fingerprint density at radius 1 is 0.952 bits per heavy atom. The molecule has 2 fully saturated rings. The van der Waals surface area contributed by atoms with Crippen molar-refractivity contribution in [3.8, 4) is 0 Å². The molecule has 4 nitrogen and oxygen atoms in total. The summed E-state index contributed by atoms with van der Waals surface area (Å²) in [4.78, 5) is 28.3. The van der Waals surface area contributed by atoms with Gasteiger partial charge in [0, 0.05) is 32.1 Å². The van der Waals surface area contributed by atoms with Gasteiger partial charge in [-0.2, -0.15) is 0 Å². The first-order chi connectivity index (χ1) is 10.2. The molecule has 0 spiro atoms. The number of carbonyl (C=O) groups is 2. The molecule has 0 atom stereocenters. The summed E-state index contributed by atoms with van der Waals surface area (Å²) < 4.78 is 0. The quantitative estimate of drug-likeness (QED) is 0.848. The van der Waals surface area contributed by atoms with Crippen LogP contribution >= 0.6 is 0 Å². The molecular formula is C17H22N2O2. The summed E-state index contributed by atoms with van der Waals surface area (Å²) in [5.41, 5.74) is 1.05. The van der Waals surface area contributed by atoms with E-state index in [9.17, 15) is 9.59 Å². The van der Waals surface area contributed by atoms with E-state index < -0.39 is 0 Å². The summed E-state index contributed by atoms with van der Waals surface area (Å²) in [7, 11) is 0. The number of hydrogen-bond donors (Lipinski definition) is 0. The zero-order chi connectivity index (χ0) is 14.7. The number of benzene rings is 1. The first-order valence-electron chi connectivity index (χ1n) is 7.84. The van der Waals surface area contributed by atoms with Crippen molar-refractivity contribution in [3.05, 3.63) is 35.9 Å². The van der Waals surface area contributed by atoms with Crippen LogP contribution in [0.15, 0.2) is 30.3 Å². The van der Waals surface area contributed by atoms with Gasteiger partial charge in [0.25, 0.3) is 0 Å². The third kappa shape index (κ3) is 3.63. The highest BCUT2D eigenvalue weighted by molar-refractivity contribution is 5.81. The van der Waals surface area contributed by atoms with E-state index in [-0.39, 0.29) is 11.8 Å². The topological polar surface area (TPSA) is 40.6 Å². The van der Waals surface area contributed by atoms with Crippen LogP contribution in [0, 0.1) is 5.92 Å². The zero-order valence-corrected chi connectivity index (χ0v) is 12.3. The van der Waals surface area contributed by atoms with Crippen molar-refractivity contribution in [1.29, 1.82) is 0 Å². The van der Waals surface area contributed by atoms with Gasteiger partial charge in [0.15, 0.2) is 0 Å². The molecule has 1 aliphatic carbocycles. The van der Waals surface area contributed by atoms with Crippen LogP contribution in [-0.2, 0) is 16.0 Å². The van der Waals surface area contributed by atoms with Crippen molar-refractivity contribution in [2.24, 2.45) is 5.92 Å². The third-order valence-corrected chi connectivity index (χ3v) is 4.29. The molecule has 1 heterocycles. The Kier molecular flexibility index (Phi) is 4.23. The predicted octanol–water partition coefficient (Wildman–Crippen LogP) is 1.70. The van der Waals surface area contributed by atoms with Crippen LogP contribution < -0.4 is 0 Å². The van der Waals surface area contributed by atoms with Crippen LogP contribution in [-0.4, -0.2) is 47.8 Å². The lowest BCUT2D eigenvalue weighted by Crippen LogP contribution is -2.38. The number of rotatable bonds is 3. The van der Waals surface area contributed by atoms with Gasteiger partial charge in [-0.3, -0.25) is 9.59 Å². The van der Waals surface area contributed by atoms with Crippen LogP contribution in [0.2, 0.25) is 0 Å². The standard InChI is InChI=1S/C17H22N2O2/c20-16(13-14-5-2-1-3-6-14)18-9-4-10-19(12-11-18)17(21)15-7-8-15/h1-3,5-6,15H,4,7-13H2. The van der Waals surface area contributed by atoms with Gasteiger partial charge >= 0.3 is 0 Å². The normalized spacial score (nSPS) is 19.2. The second kappa shape index (κ2) is 6.29. The van der Waals surface area contributed by atoms with Gasteiger partial charge in [0.2, 0.25) is 11.8 Å². The molecule has 0 aromatic heterocycles. The molecule has 3 rings (SSSR count). The number of amides is 2. The third-order valence-electron chi connectivity index (χ3n) is 4.29. The smallest absolute Gasteiger partial charge is 0.227 e. The molecule has 21 heavy (non-hydrogen) atoms. The van der Waals surface area contributed by atoms with Gasteiger partial charge in [-0.1, -0.05) is 30.3 Å². The van der Waals surface area contributed by atoms with E-state index in [1.807, 2.05) is 40.1 Å². The monoisotopic (exact) mass is 286 g/mol. The van der Waals surface area contributed by atoms with E-state index in [1.54, 1.807) is 0 Å². The Labute approximate surface area is 125 Å². The Balaban J connectivity index is 1.54. The van der Waals surface area contributed by atoms with Gasteiger partial charge < -0.3 is 9.80 Å². The highest BCUT2D eigenvalue weighted by Gasteiger charge is 2.34. The molecule has 1 saturated heterocycles. The van der Waals surface area contributed by atoms with Gasteiger partial charge in [-0.05, 0) is 24.8 Å². The maximum Gasteiger partial charge on any atom is 0.227 e. The van der Waals surface area contributed by atoms with Gasteiger partial charge in [0.05, 0.1) is 6.42 Å². The average molecular weight is 286 g/mol. The zero-order valence-electron chi connectivity index (χ0n) is 12.3. The maximum absolute atomic E-state index is 12.4. The van der Waals surface area contributed by atoms with E-state index in [4.69, 9.17) is 0 Å². The van der Waals surface area contributed by atoms with Crippen molar-refractivity contribution in [3.63, 3.8) is 0 Å². The van der Waals surface area contributed by atoms with Crippen LogP contribution in [0.25, 0.3) is 0 Å².